The fourth-order valence-corrected chi connectivity index (χ4v) is 3.30. The van der Waals surface area contributed by atoms with Gasteiger partial charge < -0.3 is 10.2 Å². The molecule has 3 aromatic rings. The topological polar surface area (TPSA) is 63.1 Å². The van der Waals surface area contributed by atoms with Crippen molar-refractivity contribution in [1.29, 1.82) is 0 Å². The minimum Gasteiger partial charge on any atom is -0.381 e. The number of anilines is 1. The third kappa shape index (κ3) is 3.20. The van der Waals surface area contributed by atoms with E-state index < -0.39 is 0 Å². The molecule has 0 bridgehead atoms. The number of hydrogen-bond donors (Lipinski definition) is 1. The summed E-state index contributed by atoms with van der Waals surface area (Å²) in [4.78, 5) is 13.8. The van der Waals surface area contributed by atoms with Gasteiger partial charge in [0.25, 0.3) is 0 Å². The molecule has 1 aliphatic rings. The van der Waals surface area contributed by atoms with E-state index in [2.05, 4.69) is 39.9 Å². The maximum absolute atomic E-state index is 11.9. The lowest BCUT2D eigenvalue weighted by molar-refractivity contribution is -0.128. The van der Waals surface area contributed by atoms with Crippen molar-refractivity contribution in [1.82, 2.24) is 19.9 Å². The SMILES string of the molecule is Cn1nnc2cc(CNc3ccccc3CN3CCCC3=O)ccc21. The van der Waals surface area contributed by atoms with Crippen LogP contribution in [-0.2, 0) is 24.9 Å². The van der Waals surface area contributed by atoms with Gasteiger partial charge in [-0.25, -0.2) is 4.68 Å². The van der Waals surface area contributed by atoms with Gasteiger partial charge in [-0.05, 0) is 35.7 Å². The number of fused-ring (bicyclic) bond motifs is 1. The molecule has 0 unspecified atom stereocenters. The molecule has 1 N–H and O–H groups in total. The van der Waals surface area contributed by atoms with Gasteiger partial charge in [0, 0.05) is 38.8 Å². The van der Waals surface area contributed by atoms with Gasteiger partial charge in [0.05, 0.1) is 5.52 Å². The Morgan fingerprint density at radius 1 is 1.20 bits per heavy atom. The van der Waals surface area contributed by atoms with Crippen LogP contribution in [0.1, 0.15) is 24.0 Å². The second-order valence-electron chi connectivity index (χ2n) is 6.47. The number of amides is 1. The summed E-state index contributed by atoms with van der Waals surface area (Å²) < 4.78 is 1.77. The van der Waals surface area contributed by atoms with Crippen LogP contribution in [-0.4, -0.2) is 32.3 Å². The van der Waals surface area contributed by atoms with Crippen molar-refractivity contribution in [2.75, 3.05) is 11.9 Å². The predicted molar refractivity (Wildman–Crippen MR) is 96.9 cm³/mol. The molecule has 0 saturated carbocycles. The lowest BCUT2D eigenvalue weighted by Crippen LogP contribution is -2.24. The normalized spacial score (nSPS) is 14.4. The molecular formula is C19H21N5O. The third-order valence-electron chi connectivity index (χ3n) is 4.71. The summed E-state index contributed by atoms with van der Waals surface area (Å²) in [6.07, 6.45) is 1.64. The molecule has 1 aliphatic heterocycles. The molecule has 4 rings (SSSR count). The maximum atomic E-state index is 11.9. The van der Waals surface area contributed by atoms with Crippen molar-refractivity contribution in [3.63, 3.8) is 0 Å². The van der Waals surface area contributed by atoms with Crippen LogP contribution in [0.5, 0.6) is 0 Å². The number of likely N-dealkylation sites (tertiary alicyclic amines) is 1. The minimum absolute atomic E-state index is 0.253. The number of carbonyl (C=O) groups excluding carboxylic acids is 1. The van der Waals surface area contributed by atoms with E-state index in [0.29, 0.717) is 19.5 Å². The molecule has 2 aromatic carbocycles. The zero-order valence-corrected chi connectivity index (χ0v) is 14.3. The van der Waals surface area contributed by atoms with E-state index in [0.717, 1.165) is 40.8 Å². The van der Waals surface area contributed by atoms with E-state index >= 15 is 0 Å². The second-order valence-corrected chi connectivity index (χ2v) is 6.47. The van der Waals surface area contributed by atoms with Gasteiger partial charge in [0.1, 0.15) is 5.52 Å². The molecule has 1 fully saturated rings. The average molecular weight is 335 g/mol. The second kappa shape index (κ2) is 6.55. The largest absolute Gasteiger partial charge is 0.381 e. The monoisotopic (exact) mass is 335 g/mol. The summed E-state index contributed by atoms with van der Waals surface area (Å²) in [5, 5.41) is 11.7. The number of rotatable bonds is 5. The van der Waals surface area contributed by atoms with Crippen molar-refractivity contribution in [2.24, 2.45) is 7.05 Å². The summed E-state index contributed by atoms with van der Waals surface area (Å²) in [5.74, 6) is 0.253. The number of benzene rings is 2. The molecule has 1 aromatic heterocycles. The fraction of sp³-hybridized carbons (Fsp3) is 0.316. The van der Waals surface area contributed by atoms with Gasteiger partial charge in [-0.15, -0.1) is 5.10 Å². The molecule has 1 saturated heterocycles. The highest BCUT2D eigenvalue weighted by Gasteiger charge is 2.20. The van der Waals surface area contributed by atoms with Gasteiger partial charge in [0.2, 0.25) is 5.91 Å². The molecule has 128 valence electrons. The van der Waals surface area contributed by atoms with E-state index in [1.165, 1.54) is 0 Å². The van der Waals surface area contributed by atoms with Gasteiger partial charge in [-0.2, -0.15) is 0 Å². The number of aryl methyl sites for hydroxylation is 1. The van der Waals surface area contributed by atoms with E-state index in [1.807, 2.05) is 30.1 Å². The van der Waals surface area contributed by atoms with Crippen molar-refractivity contribution in [2.45, 2.75) is 25.9 Å². The van der Waals surface area contributed by atoms with E-state index in [4.69, 9.17) is 0 Å². The molecule has 0 spiro atoms. The molecule has 6 nitrogen and oxygen atoms in total. The summed E-state index contributed by atoms with van der Waals surface area (Å²) >= 11 is 0. The Labute approximate surface area is 146 Å². The molecular weight excluding hydrogens is 314 g/mol. The Hall–Kier alpha value is -2.89. The Bertz CT molecular complexity index is 917. The zero-order chi connectivity index (χ0) is 17.2. The molecule has 25 heavy (non-hydrogen) atoms. The third-order valence-corrected chi connectivity index (χ3v) is 4.71. The first kappa shape index (κ1) is 15.6. The lowest BCUT2D eigenvalue weighted by Gasteiger charge is -2.19. The Morgan fingerprint density at radius 2 is 2.08 bits per heavy atom. The lowest BCUT2D eigenvalue weighted by atomic mass is 10.1. The Morgan fingerprint density at radius 3 is 2.92 bits per heavy atom. The number of nitrogens with zero attached hydrogens (tertiary/aromatic N) is 4. The quantitative estimate of drug-likeness (QED) is 0.779. The highest BCUT2D eigenvalue weighted by molar-refractivity contribution is 5.78. The molecule has 0 atom stereocenters. The highest BCUT2D eigenvalue weighted by Crippen LogP contribution is 2.22. The highest BCUT2D eigenvalue weighted by atomic mass is 16.2. The number of hydrogen-bond acceptors (Lipinski definition) is 4. The summed E-state index contributed by atoms with van der Waals surface area (Å²) in [5.41, 5.74) is 5.30. The summed E-state index contributed by atoms with van der Waals surface area (Å²) in [7, 11) is 1.89. The van der Waals surface area contributed by atoms with Crippen LogP contribution >= 0.6 is 0 Å². The van der Waals surface area contributed by atoms with Crippen molar-refractivity contribution < 1.29 is 4.79 Å². The van der Waals surface area contributed by atoms with Crippen molar-refractivity contribution in [3.05, 3.63) is 53.6 Å². The van der Waals surface area contributed by atoms with Crippen LogP contribution < -0.4 is 5.32 Å². The standard InChI is InChI=1S/C19H21N5O/c1-23-18-9-8-14(11-17(18)21-22-23)12-20-16-6-3-2-5-15(16)13-24-10-4-7-19(24)25/h2-3,5-6,8-9,11,20H,4,7,10,12-13H2,1H3. The van der Waals surface area contributed by atoms with E-state index in [-0.39, 0.29) is 5.91 Å². The average Bonchev–Trinajstić information content (AvgIpc) is 3.20. The van der Waals surface area contributed by atoms with Crippen molar-refractivity contribution >= 4 is 22.6 Å². The van der Waals surface area contributed by atoms with Crippen LogP contribution in [0.25, 0.3) is 11.0 Å². The molecule has 1 amide bonds. The van der Waals surface area contributed by atoms with Gasteiger partial charge in [-0.1, -0.05) is 29.5 Å². The van der Waals surface area contributed by atoms with E-state index in [1.54, 1.807) is 4.68 Å². The van der Waals surface area contributed by atoms with Crippen LogP contribution in [0.15, 0.2) is 42.5 Å². The Balaban J connectivity index is 1.49. The first-order valence-electron chi connectivity index (χ1n) is 8.58. The zero-order valence-electron chi connectivity index (χ0n) is 14.3. The molecule has 0 aliphatic carbocycles. The predicted octanol–water partition coefficient (Wildman–Crippen LogP) is 2.70. The van der Waals surface area contributed by atoms with Crippen LogP contribution in [0.4, 0.5) is 5.69 Å². The van der Waals surface area contributed by atoms with E-state index in [9.17, 15) is 4.79 Å². The number of para-hydroxylation sites is 1. The van der Waals surface area contributed by atoms with Crippen LogP contribution in [0, 0.1) is 0 Å². The number of nitrogens with one attached hydrogen (secondary N) is 1. The first-order valence-corrected chi connectivity index (χ1v) is 8.58. The minimum atomic E-state index is 0.253. The molecule has 6 heteroatoms. The van der Waals surface area contributed by atoms with Gasteiger partial charge in [0.15, 0.2) is 0 Å². The number of carbonyl (C=O) groups is 1. The molecule has 2 heterocycles. The van der Waals surface area contributed by atoms with Crippen molar-refractivity contribution in [3.8, 4) is 0 Å². The number of aromatic nitrogens is 3. The van der Waals surface area contributed by atoms with Gasteiger partial charge in [-0.3, -0.25) is 4.79 Å². The van der Waals surface area contributed by atoms with Crippen LogP contribution in [0.3, 0.4) is 0 Å². The first-order chi connectivity index (χ1) is 12.2. The maximum Gasteiger partial charge on any atom is 0.222 e. The molecule has 0 radical (unpaired) electrons. The fourth-order valence-electron chi connectivity index (χ4n) is 3.30. The van der Waals surface area contributed by atoms with Crippen LogP contribution in [0.2, 0.25) is 0 Å². The summed E-state index contributed by atoms with van der Waals surface area (Å²) in [6, 6.07) is 14.4. The Kier molecular flexibility index (Phi) is 4.09. The van der Waals surface area contributed by atoms with Gasteiger partial charge >= 0.3 is 0 Å². The summed E-state index contributed by atoms with van der Waals surface area (Å²) in [6.45, 7) is 2.24. The smallest absolute Gasteiger partial charge is 0.222 e.